The first-order valence-electron chi connectivity index (χ1n) is 15.5. The highest BCUT2D eigenvalue weighted by Crippen LogP contribution is 2.41. The second kappa shape index (κ2) is 13.7. The van der Waals surface area contributed by atoms with Gasteiger partial charge in [-0.2, -0.15) is 0 Å². The molecule has 242 valence electrons. The number of aromatic nitrogens is 1. The zero-order chi connectivity index (χ0) is 31.9. The van der Waals surface area contributed by atoms with Gasteiger partial charge in [0, 0.05) is 29.9 Å². The first-order valence-corrected chi connectivity index (χ1v) is 26.5. The Hall–Kier alpha value is -0.539. The molecule has 2 aliphatic heterocycles. The van der Waals surface area contributed by atoms with Crippen LogP contribution < -0.4 is 0 Å². The fourth-order valence-electron chi connectivity index (χ4n) is 5.82. The van der Waals surface area contributed by atoms with Gasteiger partial charge >= 0.3 is 0 Å². The van der Waals surface area contributed by atoms with Gasteiger partial charge in [-0.05, 0) is 90.5 Å². The molecular formula is C31H51Cl2NO6Si3. The molecule has 43 heavy (non-hydrogen) atoms. The summed E-state index contributed by atoms with van der Waals surface area (Å²) >= 11 is 12.3. The Morgan fingerprint density at radius 3 is 2.14 bits per heavy atom. The van der Waals surface area contributed by atoms with Crippen molar-refractivity contribution < 1.29 is 27.2 Å². The Balaban J connectivity index is 1.51. The van der Waals surface area contributed by atoms with Gasteiger partial charge in [-0.1, -0.05) is 30.1 Å². The normalized spacial score (nSPS) is 28.1. The second-order valence-electron chi connectivity index (χ2n) is 15.2. The number of epoxide rings is 1. The van der Waals surface area contributed by atoms with Crippen LogP contribution in [0, 0.1) is 11.8 Å². The molecule has 0 unspecified atom stereocenters. The van der Waals surface area contributed by atoms with E-state index < -0.39 is 25.0 Å². The van der Waals surface area contributed by atoms with Gasteiger partial charge in [-0.3, -0.25) is 0 Å². The minimum Gasteiger partial charge on any atom is -0.441 e. The quantitative estimate of drug-likeness (QED) is 0.154. The van der Waals surface area contributed by atoms with Crippen molar-refractivity contribution in [3.8, 4) is 11.5 Å². The number of oxazole rings is 1. The van der Waals surface area contributed by atoms with Gasteiger partial charge in [0.25, 0.3) is 0 Å². The number of hydrogen-bond donors (Lipinski definition) is 0. The molecule has 2 saturated heterocycles. The molecule has 4 rings (SSSR count). The van der Waals surface area contributed by atoms with E-state index in [1.807, 2.05) is 6.07 Å². The van der Waals surface area contributed by atoms with Crippen molar-refractivity contribution in [3.05, 3.63) is 40.2 Å². The average molecular weight is 689 g/mol. The fourth-order valence-corrected chi connectivity index (χ4v) is 9.69. The first-order chi connectivity index (χ1) is 19.8. The third kappa shape index (κ3) is 10.2. The molecule has 1 aromatic carbocycles. The fraction of sp³-hybridized carbons (Fsp3) is 0.710. The van der Waals surface area contributed by atoms with E-state index >= 15 is 0 Å². The van der Waals surface area contributed by atoms with Crippen molar-refractivity contribution in [2.45, 2.75) is 122 Å². The zero-order valence-electron chi connectivity index (χ0n) is 27.7. The molecule has 0 aliphatic carbocycles. The van der Waals surface area contributed by atoms with Gasteiger partial charge in [0.1, 0.15) is 5.76 Å². The van der Waals surface area contributed by atoms with Crippen LogP contribution in [0.1, 0.15) is 26.0 Å². The summed E-state index contributed by atoms with van der Waals surface area (Å²) < 4.78 is 39.3. The predicted octanol–water partition coefficient (Wildman–Crippen LogP) is 8.68. The maximum absolute atomic E-state index is 6.96. The van der Waals surface area contributed by atoms with E-state index in [4.69, 9.17) is 50.4 Å². The number of halogens is 2. The van der Waals surface area contributed by atoms with Crippen molar-refractivity contribution in [2.75, 3.05) is 6.61 Å². The van der Waals surface area contributed by atoms with E-state index in [1.165, 1.54) is 0 Å². The van der Waals surface area contributed by atoms with E-state index in [0.717, 1.165) is 17.7 Å². The van der Waals surface area contributed by atoms with Crippen LogP contribution in [0.5, 0.6) is 0 Å². The maximum atomic E-state index is 6.96. The summed E-state index contributed by atoms with van der Waals surface area (Å²) in [7, 11) is -5.51. The predicted molar refractivity (Wildman–Crippen MR) is 182 cm³/mol. The number of benzene rings is 1. The summed E-state index contributed by atoms with van der Waals surface area (Å²) in [5, 5.41) is 0.957. The van der Waals surface area contributed by atoms with Crippen LogP contribution in [-0.2, 0) is 29.2 Å². The van der Waals surface area contributed by atoms with E-state index in [2.05, 4.69) is 77.8 Å². The topological polar surface area (TPSA) is 75.5 Å². The Labute approximate surface area is 271 Å². The van der Waals surface area contributed by atoms with Crippen LogP contribution in [0.2, 0.25) is 69.0 Å². The van der Waals surface area contributed by atoms with E-state index in [-0.39, 0.29) is 42.5 Å². The van der Waals surface area contributed by atoms with Gasteiger partial charge in [-0.25, -0.2) is 4.98 Å². The van der Waals surface area contributed by atoms with E-state index in [0.29, 0.717) is 34.9 Å². The van der Waals surface area contributed by atoms with Crippen molar-refractivity contribution in [1.29, 1.82) is 0 Å². The largest absolute Gasteiger partial charge is 0.441 e. The highest BCUT2D eigenvalue weighted by atomic mass is 35.5. The summed E-state index contributed by atoms with van der Waals surface area (Å²) in [5.74, 6) is 1.73. The van der Waals surface area contributed by atoms with Crippen molar-refractivity contribution in [1.82, 2.24) is 4.98 Å². The van der Waals surface area contributed by atoms with Crippen molar-refractivity contribution >= 4 is 48.2 Å². The molecule has 0 bridgehead atoms. The van der Waals surface area contributed by atoms with Gasteiger partial charge < -0.3 is 27.2 Å². The van der Waals surface area contributed by atoms with Gasteiger partial charge in [0.2, 0.25) is 5.89 Å². The standard InChI is InChI=1S/C31H51Cl2NO6Si3/c1-19(20(2)38-41(3,4)5)28-27(37-28)15-22-18-35-26(30(40-43(9,10)11)29(22)39-42(6,7)8)16-23-17-34-31(36-23)21-12-13-24(32)25(33)14-21/h12-14,17,19-20,22,26-30H,15-16,18H2,1-11H3/t19-,20+,22+,26+,27+,28+,29-,30-/m1/s1. The first kappa shape index (κ1) is 35.3. The van der Waals surface area contributed by atoms with Crippen LogP contribution >= 0.6 is 23.2 Å². The Morgan fingerprint density at radius 1 is 0.884 bits per heavy atom. The van der Waals surface area contributed by atoms with Crippen LogP contribution in [0.4, 0.5) is 0 Å². The molecule has 2 aliphatic rings. The molecule has 12 heteroatoms. The molecule has 2 aromatic rings. The highest BCUT2D eigenvalue weighted by Gasteiger charge is 2.51. The molecule has 0 spiro atoms. The smallest absolute Gasteiger partial charge is 0.226 e. The van der Waals surface area contributed by atoms with Crippen LogP contribution in [0.3, 0.4) is 0 Å². The number of ether oxygens (including phenoxy) is 2. The minimum absolute atomic E-state index is 0.0922. The molecule has 2 fully saturated rings. The Morgan fingerprint density at radius 2 is 1.53 bits per heavy atom. The molecule has 0 N–H and O–H groups in total. The SMILES string of the molecule is C[C@@H]([C@@H]1O[C@H]1C[C@H]1CO[C@@H](Cc2cnc(-c3ccc(Cl)c(Cl)c3)o2)[C@@H](O[Si](C)(C)C)[C@@H]1O[Si](C)(C)C)[C@H](C)O[Si](C)(C)C. The molecule has 0 radical (unpaired) electrons. The van der Waals surface area contributed by atoms with Gasteiger partial charge in [-0.15, -0.1) is 0 Å². The van der Waals surface area contributed by atoms with Gasteiger partial charge in [0.15, 0.2) is 25.0 Å². The highest BCUT2D eigenvalue weighted by molar-refractivity contribution is 6.70. The molecule has 1 aromatic heterocycles. The number of rotatable bonds is 13. The zero-order valence-corrected chi connectivity index (χ0v) is 32.2. The molecule has 3 heterocycles. The monoisotopic (exact) mass is 687 g/mol. The molecule has 0 saturated carbocycles. The molecular weight excluding hydrogens is 638 g/mol. The third-order valence-corrected chi connectivity index (χ3v) is 11.5. The lowest BCUT2D eigenvalue weighted by atomic mass is 9.86. The summed E-state index contributed by atoms with van der Waals surface area (Å²) in [6, 6.07) is 5.37. The third-order valence-electron chi connectivity index (χ3n) is 7.74. The molecule has 8 atom stereocenters. The molecule has 0 amide bonds. The lowest BCUT2D eigenvalue weighted by Gasteiger charge is -2.47. The summed E-state index contributed by atoms with van der Waals surface area (Å²) in [6.07, 6.45) is 3.18. The van der Waals surface area contributed by atoms with Crippen LogP contribution in [0.15, 0.2) is 28.8 Å². The molecule has 7 nitrogen and oxygen atoms in total. The summed E-state index contributed by atoms with van der Waals surface area (Å²) in [5.41, 5.74) is 0.776. The van der Waals surface area contributed by atoms with Crippen LogP contribution in [-0.4, -0.2) is 73.2 Å². The Bertz CT molecular complexity index is 1230. The lowest BCUT2D eigenvalue weighted by molar-refractivity contribution is -0.153. The van der Waals surface area contributed by atoms with Crippen molar-refractivity contribution in [3.63, 3.8) is 0 Å². The van der Waals surface area contributed by atoms with E-state index in [9.17, 15) is 0 Å². The lowest BCUT2D eigenvalue weighted by Crippen LogP contribution is -2.58. The number of nitrogens with zero attached hydrogens (tertiary/aromatic N) is 1. The van der Waals surface area contributed by atoms with E-state index in [1.54, 1.807) is 18.3 Å². The summed E-state index contributed by atoms with van der Waals surface area (Å²) in [6.45, 7) is 25.1. The van der Waals surface area contributed by atoms with Gasteiger partial charge in [0.05, 0.1) is 53.4 Å². The van der Waals surface area contributed by atoms with Crippen LogP contribution in [0.25, 0.3) is 11.5 Å². The number of hydrogen-bond acceptors (Lipinski definition) is 7. The summed E-state index contributed by atoms with van der Waals surface area (Å²) in [4.78, 5) is 4.52. The van der Waals surface area contributed by atoms with Crippen molar-refractivity contribution in [2.24, 2.45) is 11.8 Å². The Kier molecular flexibility index (Phi) is 11.2. The second-order valence-corrected chi connectivity index (χ2v) is 29.4. The maximum Gasteiger partial charge on any atom is 0.226 e. The average Bonchev–Trinajstić information content (AvgIpc) is 3.46. The minimum atomic E-state index is -1.96.